The fourth-order valence-corrected chi connectivity index (χ4v) is 3.07. The maximum Gasteiger partial charge on any atom is 0.254 e. The highest BCUT2D eigenvalue weighted by molar-refractivity contribution is 6.03. The number of aliphatic hydroxyl groups excluding tert-OH is 1. The largest absolute Gasteiger partial charge is 0.394 e. The van der Waals surface area contributed by atoms with Crippen molar-refractivity contribution in [3.8, 4) is 11.3 Å². The Morgan fingerprint density at radius 3 is 2.45 bits per heavy atom. The standard InChI is InChI=1S/C21H23N5O3/c1-13-4-2-3-5-16(13)21(29)24-12-14-6-8-15(9-7-14)18-17(20(23)28)19(22)26(25-18)10-11-27/h2-9,27H,10-12,22H2,1H3,(H2,23,28)(H,24,29). The molecule has 0 saturated heterocycles. The molecule has 3 aromatic rings. The Hall–Kier alpha value is -3.65. The zero-order chi connectivity index (χ0) is 21.0. The van der Waals surface area contributed by atoms with E-state index in [2.05, 4.69) is 10.4 Å². The number of benzene rings is 2. The number of rotatable bonds is 7. The van der Waals surface area contributed by atoms with Gasteiger partial charge in [0, 0.05) is 17.7 Å². The molecule has 0 aliphatic carbocycles. The van der Waals surface area contributed by atoms with E-state index in [4.69, 9.17) is 16.6 Å². The maximum atomic E-state index is 12.3. The first-order chi connectivity index (χ1) is 13.9. The molecule has 0 atom stereocenters. The first-order valence-electron chi connectivity index (χ1n) is 9.12. The first-order valence-corrected chi connectivity index (χ1v) is 9.12. The van der Waals surface area contributed by atoms with Gasteiger partial charge in [-0.05, 0) is 24.1 Å². The van der Waals surface area contributed by atoms with Crippen LogP contribution in [0.5, 0.6) is 0 Å². The van der Waals surface area contributed by atoms with Gasteiger partial charge in [-0.3, -0.25) is 9.59 Å². The van der Waals surface area contributed by atoms with Crippen LogP contribution in [0.25, 0.3) is 11.3 Å². The Morgan fingerprint density at radius 2 is 1.83 bits per heavy atom. The molecule has 0 fully saturated rings. The number of carbonyl (C=O) groups is 2. The van der Waals surface area contributed by atoms with Crippen molar-refractivity contribution in [2.24, 2.45) is 5.73 Å². The number of aromatic nitrogens is 2. The number of nitrogens with zero attached hydrogens (tertiary/aromatic N) is 2. The van der Waals surface area contributed by atoms with Gasteiger partial charge in [-0.25, -0.2) is 4.68 Å². The third-order valence-corrected chi connectivity index (χ3v) is 4.62. The van der Waals surface area contributed by atoms with Crippen LogP contribution in [0.15, 0.2) is 48.5 Å². The highest BCUT2D eigenvalue weighted by atomic mass is 16.3. The minimum absolute atomic E-state index is 0.121. The maximum absolute atomic E-state index is 12.3. The lowest BCUT2D eigenvalue weighted by Gasteiger charge is -2.08. The number of aryl methyl sites for hydroxylation is 1. The van der Waals surface area contributed by atoms with Crippen molar-refractivity contribution in [2.45, 2.75) is 20.0 Å². The summed E-state index contributed by atoms with van der Waals surface area (Å²) in [7, 11) is 0. The molecule has 1 heterocycles. The van der Waals surface area contributed by atoms with Gasteiger partial charge < -0.3 is 21.9 Å². The average molecular weight is 393 g/mol. The van der Waals surface area contributed by atoms with Gasteiger partial charge in [0.25, 0.3) is 11.8 Å². The summed E-state index contributed by atoms with van der Waals surface area (Å²) in [6, 6.07) is 14.6. The van der Waals surface area contributed by atoms with Crippen molar-refractivity contribution < 1.29 is 14.7 Å². The van der Waals surface area contributed by atoms with Gasteiger partial charge in [-0.15, -0.1) is 0 Å². The summed E-state index contributed by atoms with van der Waals surface area (Å²) >= 11 is 0. The molecule has 3 rings (SSSR count). The number of anilines is 1. The molecule has 0 aliphatic heterocycles. The van der Waals surface area contributed by atoms with Crippen LogP contribution in [-0.2, 0) is 13.1 Å². The number of nitrogens with one attached hydrogen (secondary N) is 1. The van der Waals surface area contributed by atoms with Crippen molar-refractivity contribution in [3.05, 3.63) is 70.8 Å². The summed E-state index contributed by atoms with van der Waals surface area (Å²) in [6.45, 7) is 2.25. The molecular formula is C21H23N5O3. The fourth-order valence-electron chi connectivity index (χ4n) is 3.07. The van der Waals surface area contributed by atoms with E-state index in [0.29, 0.717) is 23.4 Å². The van der Waals surface area contributed by atoms with Crippen molar-refractivity contribution in [3.63, 3.8) is 0 Å². The Kier molecular flexibility index (Phi) is 5.94. The zero-order valence-corrected chi connectivity index (χ0v) is 16.1. The summed E-state index contributed by atoms with van der Waals surface area (Å²) in [5, 5.41) is 16.3. The van der Waals surface area contributed by atoms with Crippen molar-refractivity contribution >= 4 is 17.6 Å². The Balaban J connectivity index is 1.77. The highest BCUT2D eigenvalue weighted by Crippen LogP contribution is 2.27. The van der Waals surface area contributed by atoms with E-state index < -0.39 is 5.91 Å². The SMILES string of the molecule is Cc1ccccc1C(=O)NCc1ccc(-c2nn(CCO)c(N)c2C(N)=O)cc1. The molecule has 2 aromatic carbocycles. The minimum Gasteiger partial charge on any atom is -0.394 e. The molecule has 150 valence electrons. The minimum atomic E-state index is -0.684. The van der Waals surface area contributed by atoms with Crippen LogP contribution in [0.4, 0.5) is 5.82 Å². The average Bonchev–Trinajstić information content (AvgIpc) is 3.03. The number of hydrogen-bond donors (Lipinski definition) is 4. The second-order valence-electron chi connectivity index (χ2n) is 6.61. The van der Waals surface area contributed by atoms with E-state index in [-0.39, 0.29) is 30.4 Å². The van der Waals surface area contributed by atoms with Crippen LogP contribution in [0.3, 0.4) is 0 Å². The van der Waals surface area contributed by atoms with E-state index in [1.165, 1.54) is 4.68 Å². The fraction of sp³-hybridized carbons (Fsp3) is 0.190. The quantitative estimate of drug-likeness (QED) is 0.482. The molecule has 1 aromatic heterocycles. The van der Waals surface area contributed by atoms with Gasteiger partial charge in [-0.1, -0.05) is 42.5 Å². The molecule has 0 bridgehead atoms. The van der Waals surface area contributed by atoms with Crippen molar-refractivity contribution in [1.29, 1.82) is 0 Å². The van der Waals surface area contributed by atoms with Crippen molar-refractivity contribution in [2.75, 3.05) is 12.3 Å². The smallest absolute Gasteiger partial charge is 0.254 e. The van der Waals surface area contributed by atoms with Crippen LogP contribution in [0, 0.1) is 6.92 Å². The lowest BCUT2D eigenvalue weighted by Crippen LogP contribution is -2.23. The second-order valence-corrected chi connectivity index (χ2v) is 6.61. The number of nitrogens with two attached hydrogens (primary N) is 2. The normalized spacial score (nSPS) is 10.7. The summed E-state index contributed by atoms with van der Waals surface area (Å²) in [5.74, 6) is -0.703. The molecule has 8 nitrogen and oxygen atoms in total. The molecule has 2 amide bonds. The number of hydrogen-bond acceptors (Lipinski definition) is 5. The summed E-state index contributed by atoms with van der Waals surface area (Å²) in [6.07, 6.45) is 0. The predicted octanol–water partition coefficient (Wildman–Crippen LogP) is 1.46. The highest BCUT2D eigenvalue weighted by Gasteiger charge is 2.21. The van der Waals surface area contributed by atoms with E-state index in [0.717, 1.165) is 11.1 Å². The molecule has 0 radical (unpaired) electrons. The van der Waals surface area contributed by atoms with Gasteiger partial charge in [0.1, 0.15) is 17.1 Å². The number of primary amides is 1. The Morgan fingerprint density at radius 1 is 1.14 bits per heavy atom. The van der Waals surface area contributed by atoms with Gasteiger partial charge >= 0.3 is 0 Å². The van der Waals surface area contributed by atoms with Crippen LogP contribution < -0.4 is 16.8 Å². The Bertz CT molecular complexity index is 1040. The van der Waals surface area contributed by atoms with Gasteiger partial charge in [-0.2, -0.15) is 5.10 Å². The zero-order valence-electron chi connectivity index (χ0n) is 16.1. The molecule has 0 aliphatic rings. The van der Waals surface area contributed by atoms with E-state index in [1.807, 2.05) is 37.3 Å². The number of nitrogen functional groups attached to an aromatic ring is 1. The number of carbonyl (C=O) groups excluding carboxylic acids is 2. The lowest BCUT2D eigenvalue weighted by molar-refractivity contribution is 0.0949. The van der Waals surface area contributed by atoms with Crippen LogP contribution in [0.2, 0.25) is 0 Å². The monoisotopic (exact) mass is 393 g/mol. The van der Waals surface area contributed by atoms with E-state index in [9.17, 15) is 9.59 Å². The van der Waals surface area contributed by atoms with Crippen LogP contribution in [-0.4, -0.2) is 33.3 Å². The summed E-state index contributed by atoms with van der Waals surface area (Å²) in [4.78, 5) is 24.2. The number of amides is 2. The van der Waals surface area contributed by atoms with Gasteiger partial charge in [0.15, 0.2) is 0 Å². The molecular weight excluding hydrogens is 370 g/mol. The molecule has 0 spiro atoms. The molecule has 6 N–H and O–H groups in total. The van der Waals surface area contributed by atoms with E-state index in [1.54, 1.807) is 18.2 Å². The molecule has 0 unspecified atom stereocenters. The topological polar surface area (TPSA) is 136 Å². The van der Waals surface area contributed by atoms with Crippen molar-refractivity contribution in [1.82, 2.24) is 15.1 Å². The first kappa shape index (κ1) is 20.1. The molecule has 29 heavy (non-hydrogen) atoms. The molecule has 8 heteroatoms. The summed E-state index contributed by atoms with van der Waals surface area (Å²) < 4.78 is 1.35. The Labute approximate surface area is 168 Å². The number of aliphatic hydroxyl groups is 1. The molecule has 0 saturated carbocycles. The van der Waals surface area contributed by atoms with Crippen LogP contribution in [0.1, 0.15) is 31.8 Å². The van der Waals surface area contributed by atoms with E-state index >= 15 is 0 Å². The van der Waals surface area contributed by atoms with Crippen LogP contribution >= 0.6 is 0 Å². The summed E-state index contributed by atoms with van der Waals surface area (Å²) in [5.41, 5.74) is 15.0. The lowest BCUT2D eigenvalue weighted by atomic mass is 10.0. The van der Waals surface area contributed by atoms with Gasteiger partial charge in [0.05, 0.1) is 13.2 Å². The predicted molar refractivity (Wildman–Crippen MR) is 110 cm³/mol. The van der Waals surface area contributed by atoms with Gasteiger partial charge in [0.2, 0.25) is 0 Å². The third-order valence-electron chi connectivity index (χ3n) is 4.62. The third kappa shape index (κ3) is 4.27. The second kappa shape index (κ2) is 8.57.